The van der Waals surface area contributed by atoms with Gasteiger partial charge in [0.2, 0.25) is 0 Å². The Morgan fingerprint density at radius 2 is 1.83 bits per heavy atom. The molecular formula is C19H22ClNO3. The van der Waals surface area contributed by atoms with Crippen molar-refractivity contribution in [1.29, 1.82) is 0 Å². The molecule has 0 aliphatic heterocycles. The Kier molecular flexibility index (Phi) is 5.73. The van der Waals surface area contributed by atoms with Gasteiger partial charge in [0.25, 0.3) is 5.91 Å². The van der Waals surface area contributed by atoms with Crippen LogP contribution in [-0.2, 0) is 4.79 Å². The highest BCUT2D eigenvalue weighted by atomic mass is 35.5. The second-order valence-corrected chi connectivity index (χ2v) is 6.21. The van der Waals surface area contributed by atoms with Gasteiger partial charge in [-0.05, 0) is 68.7 Å². The predicted octanol–water partition coefficient (Wildman–Crippen LogP) is 4.68. The number of methoxy groups -OCH3 is 1. The van der Waals surface area contributed by atoms with E-state index in [4.69, 9.17) is 21.1 Å². The summed E-state index contributed by atoms with van der Waals surface area (Å²) in [5, 5.41) is 3.24. The Balaban J connectivity index is 2.09. The molecule has 1 atom stereocenters. The number of hydrogen-bond donors (Lipinski definition) is 1. The molecule has 0 saturated heterocycles. The number of rotatable bonds is 5. The largest absolute Gasteiger partial charge is 0.495 e. The molecule has 0 aliphatic carbocycles. The molecule has 24 heavy (non-hydrogen) atoms. The number of anilines is 1. The molecular weight excluding hydrogens is 326 g/mol. The number of carbonyl (C=O) groups is 1. The monoisotopic (exact) mass is 347 g/mol. The molecule has 2 aromatic rings. The zero-order chi connectivity index (χ0) is 17.9. The minimum absolute atomic E-state index is 0.241. The summed E-state index contributed by atoms with van der Waals surface area (Å²) in [4.78, 5) is 12.4. The zero-order valence-corrected chi connectivity index (χ0v) is 15.3. The van der Waals surface area contributed by atoms with Crippen LogP contribution in [0.15, 0.2) is 30.3 Å². The average Bonchev–Trinajstić information content (AvgIpc) is 2.52. The Morgan fingerprint density at radius 1 is 1.12 bits per heavy atom. The maximum atomic E-state index is 12.4. The Labute approximate surface area is 147 Å². The topological polar surface area (TPSA) is 47.6 Å². The molecule has 0 aromatic heterocycles. The highest BCUT2D eigenvalue weighted by Gasteiger charge is 2.17. The van der Waals surface area contributed by atoms with E-state index < -0.39 is 6.10 Å². The van der Waals surface area contributed by atoms with Crippen LogP contribution in [0.4, 0.5) is 5.69 Å². The van der Waals surface area contributed by atoms with E-state index in [0.29, 0.717) is 16.5 Å². The molecule has 4 nitrogen and oxygen atoms in total. The zero-order valence-electron chi connectivity index (χ0n) is 14.6. The van der Waals surface area contributed by atoms with E-state index in [1.165, 1.54) is 0 Å². The third-order valence-corrected chi connectivity index (χ3v) is 4.15. The van der Waals surface area contributed by atoms with Crippen molar-refractivity contribution in [2.45, 2.75) is 33.8 Å². The van der Waals surface area contributed by atoms with E-state index in [1.54, 1.807) is 32.2 Å². The van der Waals surface area contributed by atoms with Crippen LogP contribution in [0.5, 0.6) is 11.5 Å². The summed E-state index contributed by atoms with van der Waals surface area (Å²) in [7, 11) is 1.54. The Hall–Kier alpha value is -2.20. The van der Waals surface area contributed by atoms with E-state index in [2.05, 4.69) is 11.4 Å². The average molecular weight is 348 g/mol. The van der Waals surface area contributed by atoms with Crippen LogP contribution in [0, 0.1) is 20.8 Å². The van der Waals surface area contributed by atoms with Gasteiger partial charge in [0.15, 0.2) is 6.10 Å². The first-order valence-electron chi connectivity index (χ1n) is 7.70. The smallest absolute Gasteiger partial charge is 0.265 e. The van der Waals surface area contributed by atoms with Crippen molar-refractivity contribution < 1.29 is 14.3 Å². The fraction of sp³-hybridized carbons (Fsp3) is 0.316. The third kappa shape index (κ3) is 4.20. The van der Waals surface area contributed by atoms with Gasteiger partial charge in [-0.1, -0.05) is 17.7 Å². The molecule has 128 valence electrons. The lowest BCUT2D eigenvalue weighted by atomic mass is 10.1. The number of halogens is 1. The van der Waals surface area contributed by atoms with Crippen molar-refractivity contribution in [3.8, 4) is 11.5 Å². The van der Waals surface area contributed by atoms with Crippen LogP contribution in [0.25, 0.3) is 0 Å². The van der Waals surface area contributed by atoms with Gasteiger partial charge in [0, 0.05) is 5.69 Å². The van der Waals surface area contributed by atoms with Crippen molar-refractivity contribution >= 4 is 23.2 Å². The van der Waals surface area contributed by atoms with Gasteiger partial charge in [-0.25, -0.2) is 0 Å². The fourth-order valence-corrected chi connectivity index (χ4v) is 2.61. The molecule has 2 rings (SSSR count). The van der Waals surface area contributed by atoms with Crippen molar-refractivity contribution in [2.75, 3.05) is 12.4 Å². The number of benzene rings is 2. The van der Waals surface area contributed by atoms with Crippen LogP contribution >= 0.6 is 11.6 Å². The molecule has 0 aliphatic rings. The van der Waals surface area contributed by atoms with Gasteiger partial charge >= 0.3 is 0 Å². The van der Waals surface area contributed by atoms with Crippen LogP contribution in [0.2, 0.25) is 5.02 Å². The molecule has 0 unspecified atom stereocenters. The van der Waals surface area contributed by atoms with Gasteiger partial charge in [0.1, 0.15) is 11.5 Å². The quantitative estimate of drug-likeness (QED) is 0.854. The van der Waals surface area contributed by atoms with Gasteiger partial charge in [-0.3, -0.25) is 4.79 Å². The van der Waals surface area contributed by atoms with Crippen LogP contribution < -0.4 is 14.8 Å². The standard InChI is InChI=1S/C19H22ClNO3/c1-11-8-12(2)13(3)18(9-11)24-14(4)19(22)21-15-6-7-17(23-5)16(20)10-15/h6-10,14H,1-5H3,(H,21,22)/t14-/m1/s1. The first-order chi connectivity index (χ1) is 11.3. The first kappa shape index (κ1) is 18.1. The lowest BCUT2D eigenvalue weighted by Gasteiger charge is -2.18. The van der Waals surface area contributed by atoms with E-state index >= 15 is 0 Å². The summed E-state index contributed by atoms with van der Waals surface area (Å²) in [6.45, 7) is 7.73. The van der Waals surface area contributed by atoms with E-state index in [9.17, 15) is 4.79 Å². The SMILES string of the molecule is COc1ccc(NC(=O)[C@@H](C)Oc2cc(C)cc(C)c2C)cc1Cl. The number of amides is 1. The molecule has 5 heteroatoms. The Bertz CT molecular complexity index is 759. The molecule has 0 bridgehead atoms. The molecule has 0 saturated carbocycles. The second kappa shape index (κ2) is 7.58. The summed E-state index contributed by atoms with van der Waals surface area (Å²) in [6.07, 6.45) is -0.634. The van der Waals surface area contributed by atoms with Gasteiger partial charge in [0.05, 0.1) is 12.1 Å². The minimum atomic E-state index is -0.634. The number of ether oxygens (including phenoxy) is 2. The highest BCUT2D eigenvalue weighted by molar-refractivity contribution is 6.32. The molecule has 0 spiro atoms. The number of nitrogens with one attached hydrogen (secondary N) is 1. The predicted molar refractivity (Wildman–Crippen MR) is 97.4 cm³/mol. The second-order valence-electron chi connectivity index (χ2n) is 5.80. The van der Waals surface area contributed by atoms with E-state index in [0.717, 1.165) is 22.4 Å². The third-order valence-electron chi connectivity index (χ3n) is 3.86. The Morgan fingerprint density at radius 3 is 2.46 bits per heavy atom. The lowest BCUT2D eigenvalue weighted by Crippen LogP contribution is -2.30. The van der Waals surface area contributed by atoms with Crippen LogP contribution in [0.3, 0.4) is 0 Å². The number of hydrogen-bond acceptors (Lipinski definition) is 3. The highest BCUT2D eigenvalue weighted by Crippen LogP contribution is 2.28. The molecule has 2 aromatic carbocycles. The normalized spacial score (nSPS) is 11.8. The first-order valence-corrected chi connectivity index (χ1v) is 8.08. The lowest BCUT2D eigenvalue weighted by molar-refractivity contribution is -0.122. The van der Waals surface area contributed by atoms with Gasteiger partial charge < -0.3 is 14.8 Å². The summed E-state index contributed by atoms with van der Waals surface area (Å²) < 4.78 is 10.9. The van der Waals surface area contributed by atoms with Crippen molar-refractivity contribution in [1.82, 2.24) is 0 Å². The van der Waals surface area contributed by atoms with E-state index in [1.807, 2.05) is 26.8 Å². The fourth-order valence-electron chi connectivity index (χ4n) is 2.36. The van der Waals surface area contributed by atoms with Gasteiger partial charge in [-0.15, -0.1) is 0 Å². The molecule has 0 radical (unpaired) electrons. The molecule has 1 amide bonds. The number of aryl methyl sites for hydroxylation is 2. The van der Waals surface area contributed by atoms with Crippen molar-refractivity contribution in [2.24, 2.45) is 0 Å². The van der Waals surface area contributed by atoms with E-state index in [-0.39, 0.29) is 5.91 Å². The van der Waals surface area contributed by atoms with Crippen LogP contribution in [-0.4, -0.2) is 19.1 Å². The maximum Gasteiger partial charge on any atom is 0.265 e. The summed E-state index contributed by atoms with van der Waals surface area (Å²) in [5.41, 5.74) is 3.87. The molecule has 1 N–H and O–H groups in total. The summed E-state index contributed by atoms with van der Waals surface area (Å²) in [5.74, 6) is 1.04. The summed E-state index contributed by atoms with van der Waals surface area (Å²) in [6, 6.07) is 9.12. The van der Waals surface area contributed by atoms with Gasteiger partial charge in [-0.2, -0.15) is 0 Å². The maximum absolute atomic E-state index is 12.4. The van der Waals surface area contributed by atoms with Crippen molar-refractivity contribution in [3.05, 3.63) is 52.0 Å². The van der Waals surface area contributed by atoms with Crippen molar-refractivity contribution in [3.63, 3.8) is 0 Å². The van der Waals surface area contributed by atoms with Crippen LogP contribution in [0.1, 0.15) is 23.6 Å². The minimum Gasteiger partial charge on any atom is -0.495 e. The summed E-state index contributed by atoms with van der Waals surface area (Å²) >= 11 is 6.07. The number of carbonyl (C=O) groups excluding carboxylic acids is 1. The molecule has 0 fully saturated rings. The molecule has 0 heterocycles.